The van der Waals surface area contributed by atoms with Gasteiger partial charge in [-0.2, -0.15) is 5.26 Å². The third kappa shape index (κ3) is 5.63. The van der Waals surface area contributed by atoms with Gasteiger partial charge in [0.25, 0.3) is 5.56 Å². The van der Waals surface area contributed by atoms with Gasteiger partial charge in [-0.3, -0.25) is 14.2 Å². The fourth-order valence-corrected chi connectivity index (χ4v) is 4.59. The van der Waals surface area contributed by atoms with Crippen molar-refractivity contribution in [2.45, 2.75) is 32.7 Å². The van der Waals surface area contributed by atoms with Crippen molar-refractivity contribution < 1.29 is 14.7 Å². The van der Waals surface area contributed by atoms with Gasteiger partial charge in [-0.05, 0) is 51.1 Å². The first-order valence-corrected chi connectivity index (χ1v) is 11.2. The maximum atomic E-state index is 12.6. The molecule has 0 saturated carbocycles. The van der Waals surface area contributed by atoms with E-state index < -0.39 is 11.5 Å². The van der Waals surface area contributed by atoms with Gasteiger partial charge in [0.1, 0.15) is 15.3 Å². The van der Waals surface area contributed by atoms with Crippen molar-refractivity contribution in [3.05, 3.63) is 43.8 Å². The average molecular weight is 456 g/mol. The van der Waals surface area contributed by atoms with Crippen molar-refractivity contribution in [2.75, 3.05) is 30.3 Å². The number of benzene rings is 1. The predicted octanol–water partition coefficient (Wildman–Crippen LogP) is 0.963. The summed E-state index contributed by atoms with van der Waals surface area (Å²) in [5.41, 5.74) is 0.453. The van der Waals surface area contributed by atoms with Crippen LogP contribution in [0.15, 0.2) is 29.1 Å². The van der Waals surface area contributed by atoms with Crippen LogP contribution in [0.25, 0.3) is 11.8 Å². The number of carboxylic acids is 1. The lowest BCUT2D eigenvalue weighted by atomic mass is 10.2. The number of carbonyl (C=O) groups is 2. The molecule has 2 aromatic rings. The van der Waals surface area contributed by atoms with Crippen LogP contribution in [0.2, 0.25) is 0 Å². The molecule has 1 amide bonds. The molecule has 3 rings (SSSR count). The lowest BCUT2D eigenvalue weighted by Crippen LogP contribution is -2.32. The highest BCUT2D eigenvalue weighted by molar-refractivity contribution is 7.07. The van der Waals surface area contributed by atoms with Crippen molar-refractivity contribution in [2.24, 2.45) is 0 Å². The molecule has 1 aromatic carbocycles. The molecule has 0 spiro atoms. The zero-order valence-electron chi connectivity index (χ0n) is 17.8. The van der Waals surface area contributed by atoms with E-state index in [2.05, 4.69) is 15.5 Å². The number of rotatable bonds is 8. The number of thiazole rings is 1. The number of hydrogen-bond acceptors (Lipinski definition) is 7. The summed E-state index contributed by atoms with van der Waals surface area (Å²) in [5, 5.41) is 24.3. The number of carbonyl (C=O) groups excluding carboxylic acids is 1. The van der Waals surface area contributed by atoms with Crippen molar-refractivity contribution in [1.82, 2.24) is 9.47 Å². The Balaban J connectivity index is 1.75. The molecule has 1 saturated heterocycles. The molecule has 1 aliphatic heterocycles. The van der Waals surface area contributed by atoms with E-state index >= 15 is 0 Å². The SMILES string of the molecule is CCn1c(=O)/c(=C\Nc2cccc(NC(=O)CCN3CCCC3)c2)s/c1=C(/C#N)C(=O)O. The summed E-state index contributed by atoms with van der Waals surface area (Å²) < 4.78 is 1.65. The number of aromatic nitrogens is 1. The van der Waals surface area contributed by atoms with Gasteiger partial charge in [0.15, 0.2) is 5.57 Å². The summed E-state index contributed by atoms with van der Waals surface area (Å²) in [7, 11) is 0. The van der Waals surface area contributed by atoms with Crippen LogP contribution in [-0.4, -0.2) is 46.1 Å². The second-order valence-electron chi connectivity index (χ2n) is 7.33. The fourth-order valence-electron chi connectivity index (χ4n) is 3.50. The number of nitrogens with one attached hydrogen (secondary N) is 2. The van der Waals surface area contributed by atoms with Crippen LogP contribution in [0.1, 0.15) is 26.2 Å². The minimum atomic E-state index is -1.37. The second kappa shape index (κ2) is 10.7. The standard InChI is InChI=1S/C22H25N5O4S/c1-2-27-20(29)18(32-21(27)17(13-23)22(30)31)14-24-15-6-5-7-16(12-15)25-19(28)8-11-26-9-3-4-10-26/h5-7,12,14,24H,2-4,8-11H2,1H3,(H,25,28)(H,30,31)/b18-14+,21-17-. The van der Waals surface area contributed by atoms with Gasteiger partial charge in [-0.25, -0.2) is 4.79 Å². The third-order valence-corrected chi connectivity index (χ3v) is 6.26. The molecule has 0 unspecified atom stereocenters. The number of amides is 1. The van der Waals surface area contributed by atoms with E-state index in [-0.39, 0.29) is 27.2 Å². The number of carboxylic acid groups (broad SMARTS) is 1. The zero-order chi connectivity index (χ0) is 23.1. The van der Waals surface area contributed by atoms with E-state index in [0.29, 0.717) is 17.8 Å². The van der Waals surface area contributed by atoms with Gasteiger partial charge in [0.2, 0.25) is 5.91 Å². The van der Waals surface area contributed by atoms with Crippen LogP contribution in [0.4, 0.5) is 11.4 Å². The Morgan fingerprint density at radius 2 is 2.00 bits per heavy atom. The summed E-state index contributed by atoms with van der Waals surface area (Å²) in [6.45, 7) is 4.80. The van der Waals surface area contributed by atoms with Gasteiger partial charge < -0.3 is 20.6 Å². The minimum Gasteiger partial charge on any atom is -0.477 e. The molecule has 168 valence electrons. The molecular weight excluding hydrogens is 430 g/mol. The van der Waals surface area contributed by atoms with E-state index in [1.165, 1.54) is 23.6 Å². The Morgan fingerprint density at radius 1 is 1.28 bits per heavy atom. The highest BCUT2D eigenvalue weighted by Crippen LogP contribution is 2.15. The first kappa shape index (κ1) is 23.2. The minimum absolute atomic E-state index is 0.0556. The number of hydrogen-bond donors (Lipinski definition) is 3. The molecule has 0 bridgehead atoms. The highest BCUT2D eigenvalue weighted by atomic mass is 32.1. The topological polar surface area (TPSA) is 127 Å². The molecule has 2 heterocycles. The summed E-state index contributed by atoms with van der Waals surface area (Å²) in [6, 6.07) is 8.75. The molecule has 32 heavy (non-hydrogen) atoms. The number of aliphatic carboxylic acids is 1. The smallest absolute Gasteiger partial charge is 0.349 e. The van der Waals surface area contributed by atoms with Gasteiger partial charge in [0.05, 0.1) is 0 Å². The Morgan fingerprint density at radius 3 is 2.66 bits per heavy atom. The maximum absolute atomic E-state index is 12.6. The fraction of sp³-hybridized carbons (Fsp3) is 0.364. The number of nitriles is 1. The molecule has 10 heteroatoms. The van der Waals surface area contributed by atoms with Crippen LogP contribution in [0.5, 0.6) is 0 Å². The van der Waals surface area contributed by atoms with Crippen LogP contribution in [0.3, 0.4) is 0 Å². The third-order valence-electron chi connectivity index (χ3n) is 5.13. The predicted molar refractivity (Wildman–Crippen MR) is 124 cm³/mol. The quantitative estimate of drug-likeness (QED) is 0.541. The molecule has 1 fully saturated rings. The lowest BCUT2D eigenvalue weighted by molar-refractivity contribution is -0.130. The molecular formula is C22H25N5O4S. The lowest BCUT2D eigenvalue weighted by Gasteiger charge is -2.14. The van der Waals surface area contributed by atoms with Crippen LogP contribution < -0.4 is 25.4 Å². The molecule has 0 radical (unpaired) electrons. The Bertz CT molecular complexity index is 1220. The summed E-state index contributed by atoms with van der Waals surface area (Å²) in [5.74, 6) is -1.43. The Hall–Kier alpha value is -3.42. The first-order chi connectivity index (χ1) is 15.4. The van der Waals surface area contributed by atoms with Gasteiger partial charge in [-0.15, -0.1) is 11.3 Å². The molecule has 3 N–H and O–H groups in total. The molecule has 0 atom stereocenters. The zero-order valence-corrected chi connectivity index (χ0v) is 18.6. The molecule has 0 aliphatic carbocycles. The number of anilines is 2. The van der Waals surface area contributed by atoms with Crippen molar-refractivity contribution in [1.29, 1.82) is 5.26 Å². The van der Waals surface area contributed by atoms with Crippen LogP contribution in [0, 0.1) is 11.3 Å². The van der Waals surface area contributed by atoms with Gasteiger partial charge in [0, 0.05) is 37.1 Å². The van der Waals surface area contributed by atoms with Crippen LogP contribution in [-0.2, 0) is 16.1 Å². The summed E-state index contributed by atoms with van der Waals surface area (Å²) >= 11 is 0.942. The maximum Gasteiger partial charge on any atom is 0.349 e. The largest absolute Gasteiger partial charge is 0.477 e. The van der Waals surface area contributed by atoms with Crippen LogP contribution >= 0.6 is 11.3 Å². The second-order valence-corrected chi connectivity index (χ2v) is 8.36. The van der Waals surface area contributed by atoms with E-state index in [4.69, 9.17) is 5.26 Å². The number of likely N-dealkylation sites (tertiary alicyclic amines) is 1. The Kier molecular flexibility index (Phi) is 7.81. The average Bonchev–Trinajstić information content (AvgIpc) is 3.39. The Labute approximate surface area is 188 Å². The van der Waals surface area contributed by atoms with Gasteiger partial charge in [-0.1, -0.05) is 6.07 Å². The normalized spacial score (nSPS) is 15.3. The molecule has 9 nitrogen and oxygen atoms in total. The summed E-state index contributed by atoms with van der Waals surface area (Å²) in [4.78, 5) is 38.4. The monoisotopic (exact) mass is 455 g/mol. The van der Waals surface area contributed by atoms with Crippen molar-refractivity contribution in [3.8, 4) is 6.07 Å². The van der Waals surface area contributed by atoms with Gasteiger partial charge >= 0.3 is 5.97 Å². The molecule has 1 aromatic heterocycles. The van der Waals surface area contributed by atoms with E-state index in [1.807, 2.05) is 0 Å². The summed E-state index contributed by atoms with van der Waals surface area (Å²) in [6.07, 6.45) is 4.29. The van der Waals surface area contributed by atoms with Crippen molar-refractivity contribution >= 4 is 46.4 Å². The van der Waals surface area contributed by atoms with Crippen molar-refractivity contribution in [3.63, 3.8) is 0 Å². The van der Waals surface area contributed by atoms with E-state index in [1.54, 1.807) is 37.3 Å². The highest BCUT2D eigenvalue weighted by Gasteiger charge is 2.14. The molecule has 1 aliphatic rings. The van der Waals surface area contributed by atoms with E-state index in [0.717, 1.165) is 31.0 Å². The first-order valence-electron chi connectivity index (χ1n) is 10.4. The van der Waals surface area contributed by atoms with E-state index in [9.17, 15) is 19.5 Å². The number of nitrogens with zero attached hydrogens (tertiary/aromatic N) is 3.